The standard InChI is InChI=1S/C21H25N3O4S/c1-14(19(26)24(2)21(13-22)9-4-3-5-10-21)28-20(27)15-6-7-17-16(12-15)23-18(25)8-11-29-17/h6-7,12,14H,3-5,8-11H2,1-2H3,(H,23,25)/t14-/m1/s1. The number of thioether (sulfide) groups is 1. The van der Waals surface area contributed by atoms with Crippen LogP contribution in [0, 0.1) is 11.3 Å². The second-order valence-electron chi connectivity index (χ2n) is 7.51. The lowest BCUT2D eigenvalue weighted by molar-refractivity contribution is -0.143. The van der Waals surface area contributed by atoms with Crippen LogP contribution >= 0.6 is 11.8 Å². The van der Waals surface area contributed by atoms with Crippen molar-refractivity contribution in [2.45, 2.75) is 62.0 Å². The first-order valence-corrected chi connectivity index (χ1v) is 10.8. The maximum Gasteiger partial charge on any atom is 0.338 e. The van der Waals surface area contributed by atoms with Gasteiger partial charge in [-0.2, -0.15) is 5.26 Å². The van der Waals surface area contributed by atoms with E-state index in [0.717, 1.165) is 24.2 Å². The summed E-state index contributed by atoms with van der Waals surface area (Å²) < 4.78 is 5.39. The van der Waals surface area contributed by atoms with E-state index in [0.29, 0.717) is 30.7 Å². The highest BCUT2D eigenvalue weighted by Crippen LogP contribution is 2.34. The zero-order valence-electron chi connectivity index (χ0n) is 16.7. The monoisotopic (exact) mass is 415 g/mol. The number of rotatable bonds is 4. The minimum absolute atomic E-state index is 0.0961. The van der Waals surface area contributed by atoms with Crippen molar-refractivity contribution in [2.75, 3.05) is 18.1 Å². The molecule has 7 nitrogen and oxygen atoms in total. The van der Waals surface area contributed by atoms with Crippen molar-refractivity contribution in [3.63, 3.8) is 0 Å². The summed E-state index contributed by atoms with van der Waals surface area (Å²) in [5.41, 5.74) is 0.0110. The third-order valence-corrected chi connectivity index (χ3v) is 6.64. The molecule has 0 aromatic heterocycles. The fraction of sp³-hybridized carbons (Fsp3) is 0.524. The van der Waals surface area contributed by atoms with Crippen LogP contribution in [0.1, 0.15) is 55.8 Å². The summed E-state index contributed by atoms with van der Waals surface area (Å²) in [5.74, 6) is -0.442. The molecule has 1 aromatic rings. The van der Waals surface area contributed by atoms with Crippen LogP contribution in [-0.4, -0.2) is 47.1 Å². The Labute approximate surface area is 174 Å². The molecule has 2 amide bonds. The Balaban J connectivity index is 1.69. The fourth-order valence-electron chi connectivity index (χ4n) is 3.77. The lowest BCUT2D eigenvalue weighted by Gasteiger charge is -2.39. The van der Waals surface area contributed by atoms with Gasteiger partial charge in [0, 0.05) is 24.1 Å². The molecule has 2 aliphatic rings. The molecule has 1 fully saturated rings. The molecule has 0 radical (unpaired) electrons. The molecule has 0 unspecified atom stereocenters. The van der Waals surface area contributed by atoms with Gasteiger partial charge in [0.2, 0.25) is 5.91 Å². The van der Waals surface area contributed by atoms with Gasteiger partial charge in [-0.25, -0.2) is 4.79 Å². The first kappa shape index (κ1) is 21.2. The molecule has 1 N–H and O–H groups in total. The Morgan fingerprint density at radius 2 is 2.03 bits per heavy atom. The summed E-state index contributed by atoms with van der Waals surface area (Å²) in [4.78, 5) is 39.5. The molecule has 1 aliphatic carbocycles. The maximum atomic E-state index is 12.8. The van der Waals surface area contributed by atoms with Gasteiger partial charge in [0.25, 0.3) is 5.91 Å². The summed E-state index contributed by atoms with van der Waals surface area (Å²) in [6.07, 6.45) is 3.53. The number of anilines is 1. The van der Waals surface area contributed by atoms with Crippen LogP contribution in [0.3, 0.4) is 0 Å². The van der Waals surface area contributed by atoms with Crippen LogP contribution in [0.5, 0.6) is 0 Å². The van der Waals surface area contributed by atoms with E-state index in [1.54, 1.807) is 37.0 Å². The van der Waals surface area contributed by atoms with Crippen LogP contribution in [0.2, 0.25) is 0 Å². The summed E-state index contributed by atoms with van der Waals surface area (Å²) in [6, 6.07) is 7.28. The van der Waals surface area contributed by atoms with Crippen molar-refractivity contribution >= 4 is 35.2 Å². The van der Waals surface area contributed by atoms with Gasteiger partial charge in [0.1, 0.15) is 5.54 Å². The average molecular weight is 416 g/mol. The summed E-state index contributed by atoms with van der Waals surface area (Å²) in [5, 5.41) is 12.5. The van der Waals surface area contributed by atoms with Crippen molar-refractivity contribution in [1.29, 1.82) is 5.26 Å². The van der Waals surface area contributed by atoms with Crippen molar-refractivity contribution < 1.29 is 19.1 Å². The largest absolute Gasteiger partial charge is 0.449 e. The van der Waals surface area contributed by atoms with Gasteiger partial charge in [-0.15, -0.1) is 11.8 Å². The number of hydrogen-bond donors (Lipinski definition) is 1. The van der Waals surface area contributed by atoms with E-state index in [1.807, 2.05) is 0 Å². The Morgan fingerprint density at radius 1 is 1.31 bits per heavy atom. The van der Waals surface area contributed by atoms with Gasteiger partial charge in [-0.05, 0) is 38.0 Å². The Kier molecular flexibility index (Phi) is 6.48. The number of carbonyl (C=O) groups is 3. The van der Waals surface area contributed by atoms with E-state index in [-0.39, 0.29) is 17.4 Å². The molecule has 1 atom stereocenters. The summed E-state index contributed by atoms with van der Waals surface area (Å²) in [7, 11) is 1.61. The Morgan fingerprint density at radius 3 is 2.72 bits per heavy atom. The summed E-state index contributed by atoms with van der Waals surface area (Å²) >= 11 is 1.55. The van der Waals surface area contributed by atoms with E-state index >= 15 is 0 Å². The lowest BCUT2D eigenvalue weighted by Crippen LogP contribution is -2.53. The molecule has 8 heteroatoms. The number of nitriles is 1. The average Bonchev–Trinajstić information content (AvgIpc) is 2.92. The van der Waals surface area contributed by atoms with Crippen molar-refractivity contribution in [2.24, 2.45) is 0 Å². The highest BCUT2D eigenvalue weighted by atomic mass is 32.2. The first-order chi connectivity index (χ1) is 13.9. The number of nitrogens with one attached hydrogen (secondary N) is 1. The normalized spacial score (nSPS) is 19.0. The van der Waals surface area contributed by atoms with Crippen molar-refractivity contribution in [3.05, 3.63) is 23.8 Å². The number of hydrogen-bond acceptors (Lipinski definition) is 6. The number of carbonyl (C=O) groups excluding carboxylic acids is 3. The third-order valence-electron chi connectivity index (χ3n) is 5.57. The molecule has 1 aliphatic heterocycles. The number of amides is 2. The number of esters is 1. The topological polar surface area (TPSA) is 99.5 Å². The first-order valence-electron chi connectivity index (χ1n) is 9.83. The molecular formula is C21H25N3O4S. The molecule has 29 heavy (non-hydrogen) atoms. The van der Waals surface area contributed by atoms with Crippen LogP contribution in [0.25, 0.3) is 0 Å². The molecule has 0 spiro atoms. The smallest absolute Gasteiger partial charge is 0.338 e. The predicted molar refractivity (Wildman–Crippen MR) is 109 cm³/mol. The van der Waals surface area contributed by atoms with E-state index in [2.05, 4.69) is 11.4 Å². The van der Waals surface area contributed by atoms with Crippen LogP contribution < -0.4 is 5.32 Å². The summed E-state index contributed by atoms with van der Waals surface area (Å²) in [6.45, 7) is 1.52. The second-order valence-corrected chi connectivity index (χ2v) is 8.64. The minimum Gasteiger partial charge on any atom is -0.449 e. The maximum absolute atomic E-state index is 12.8. The highest BCUT2D eigenvalue weighted by Gasteiger charge is 2.40. The number of fused-ring (bicyclic) bond motifs is 1. The molecular weight excluding hydrogens is 390 g/mol. The van der Waals surface area contributed by atoms with Crippen LogP contribution in [-0.2, 0) is 14.3 Å². The number of likely N-dealkylation sites (N-methyl/N-ethyl adjacent to an activating group) is 1. The minimum atomic E-state index is -1.01. The van der Waals surface area contributed by atoms with Gasteiger partial charge in [-0.1, -0.05) is 19.3 Å². The predicted octanol–water partition coefficient (Wildman–Crippen LogP) is 3.35. The van der Waals surface area contributed by atoms with Gasteiger partial charge < -0.3 is 15.0 Å². The highest BCUT2D eigenvalue weighted by molar-refractivity contribution is 7.99. The Bertz CT molecular complexity index is 858. The lowest BCUT2D eigenvalue weighted by atomic mass is 9.81. The number of nitrogens with zero attached hydrogens (tertiary/aromatic N) is 2. The molecule has 1 aromatic carbocycles. The zero-order valence-corrected chi connectivity index (χ0v) is 17.5. The quantitative estimate of drug-likeness (QED) is 0.757. The fourth-order valence-corrected chi connectivity index (χ4v) is 4.71. The van der Waals surface area contributed by atoms with Crippen LogP contribution in [0.4, 0.5) is 5.69 Å². The number of benzene rings is 1. The van der Waals surface area contributed by atoms with Crippen molar-refractivity contribution in [1.82, 2.24) is 4.90 Å². The van der Waals surface area contributed by atoms with Crippen molar-refractivity contribution in [3.8, 4) is 6.07 Å². The molecule has 154 valence electrons. The molecule has 0 saturated heterocycles. The Hall–Kier alpha value is -2.53. The van der Waals surface area contributed by atoms with Crippen LogP contribution in [0.15, 0.2) is 23.1 Å². The van der Waals surface area contributed by atoms with E-state index in [9.17, 15) is 19.6 Å². The third kappa shape index (κ3) is 4.56. The zero-order chi connectivity index (χ0) is 21.0. The molecule has 0 bridgehead atoms. The molecule has 3 rings (SSSR count). The van der Waals surface area contributed by atoms with E-state index in [1.165, 1.54) is 11.8 Å². The van der Waals surface area contributed by atoms with Gasteiger partial charge in [-0.3, -0.25) is 9.59 Å². The van der Waals surface area contributed by atoms with Gasteiger partial charge in [0.15, 0.2) is 6.10 Å². The SMILES string of the molecule is C[C@@H](OC(=O)c1ccc2c(c1)NC(=O)CCS2)C(=O)N(C)C1(C#N)CCCCC1. The molecule has 1 heterocycles. The van der Waals surface area contributed by atoms with Gasteiger partial charge in [0.05, 0.1) is 17.3 Å². The van der Waals surface area contributed by atoms with Gasteiger partial charge >= 0.3 is 5.97 Å². The van der Waals surface area contributed by atoms with E-state index < -0.39 is 17.6 Å². The molecule has 1 saturated carbocycles. The number of ether oxygens (including phenoxy) is 1. The van der Waals surface area contributed by atoms with E-state index in [4.69, 9.17) is 4.74 Å². The second kappa shape index (κ2) is 8.87.